The quantitative estimate of drug-likeness (QED) is 0.828. The summed E-state index contributed by atoms with van der Waals surface area (Å²) in [5.41, 5.74) is -0.824. The predicted octanol–water partition coefficient (Wildman–Crippen LogP) is 1.89. The van der Waals surface area contributed by atoms with Crippen molar-refractivity contribution in [1.82, 2.24) is 9.80 Å². The summed E-state index contributed by atoms with van der Waals surface area (Å²) in [6.45, 7) is 1.50. The van der Waals surface area contributed by atoms with Gasteiger partial charge in [-0.05, 0) is 32.0 Å². The van der Waals surface area contributed by atoms with Crippen molar-refractivity contribution in [2.45, 2.75) is 18.4 Å². The van der Waals surface area contributed by atoms with Crippen LogP contribution < -0.4 is 0 Å². The molecular formula is C15H18FN3O. The normalized spacial score (nSPS) is 18.3. The van der Waals surface area contributed by atoms with Gasteiger partial charge in [0.15, 0.2) is 0 Å². The van der Waals surface area contributed by atoms with E-state index in [-0.39, 0.29) is 5.56 Å². The third-order valence-corrected chi connectivity index (χ3v) is 4.07. The van der Waals surface area contributed by atoms with Gasteiger partial charge in [-0.15, -0.1) is 0 Å². The number of piperidine rings is 1. The standard InChI is InChI=1S/C15H18FN3O/c1-18-9-7-15(11-17,8-10-18)19(2)14(20)12-5-3-4-6-13(12)16/h3-6H,7-10H2,1-2H3. The van der Waals surface area contributed by atoms with Crippen molar-refractivity contribution in [1.29, 1.82) is 5.26 Å². The topological polar surface area (TPSA) is 47.3 Å². The highest BCUT2D eigenvalue weighted by molar-refractivity contribution is 5.95. The molecule has 0 radical (unpaired) electrons. The van der Waals surface area contributed by atoms with Crippen molar-refractivity contribution < 1.29 is 9.18 Å². The van der Waals surface area contributed by atoms with Crippen LogP contribution in [0.15, 0.2) is 24.3 Å². The molecule has 1 aliphatic heterocycles. The zero-order chi connectivity index (χ0) is 14.8. The van der Waals surface area contributed by atoms with Gasteiger partial charge in [0.25, 0.3) is 5.91 Å². The first-order valence-electron chi connectivity index (χ1n) is 6.63. The molecule has 1 fully saturated rings. The van der Waals surface area contributed by atoms with Crippen molar-refractivity contribution >= 4 is 5.91 Å². The van der Waals surface area contributed by atoms with E-state index in [2.05, 4.69) is 11.0 Å². The van der Waals surface area contributed by atoms with Crippen molar-refractivity contribution in [3.63, 3.8) is 0 Å². The molecule has 5 heteroatoms. The Kier molecular flexibility index (Phi) is 4.05. The Bertz CT molecular complexity index is 544. The monoisotopic (exact) mass is 275 g/mol. The molecule has 1 aromatic rings. The molecule has 1 amide bonds. The number of halogens is 1. The largest absolute Gasteiger partial charge is 0.323 e. The Morgan fingerprint density at radius 1 is 1.40 bits per heavy atom. The summed E-state index contributed by atoms with van der Waals surface area (Å²) in [5, 5.41) is 9.51. The Morgan fingerprint density at radius 2 is 2.00 bits per heavy atom. The van der Waals surface area contributed by atoms with Crippen LogP contribution >= 0.6 is 0 Å². The van der Waals surface area contributed by atoms with Crippen LogP contribution in [-0.2, 0) is 0 Å². The van der Waals surface area contributed by atoms with Gasteiger partial charge in [0.05, 0.1) is 11.6 Å². The molecular weight excluding hydrogens is 257 g/mol. The fourth-order valence-corrected chi connectivity index (χ4v) is 2.52. The predicted molar refractivity (Wildman–Crippen MR) is 73.6 cm³/mol. The molecule has 4 nitrogen and oxygen atoms in total. The Morgan fingerprint density at radius 3 is 2.55 bits per heavy atom. The van der Waals surface area contributed by atoms with Crippen molar-refractivity contribution in [3.8, 4) is 6.07 Å². The number of likely N-dealkylation sites (tertiary alicyclic amines) is 1. The van der Waals surface area contributed by atoms with E-state index < -0.39 is 17.3 Å². The molecule has 0 saturated carbocycles. The van der Waals surface area contributed by atoms with E-state index in [9.17, 15) is 14.4 Å². The second-order valence-electron chi connectivity index (χ2n) is 5.29. The summed E-state index contributed by atoms with van der Waals surface area (Å²) in [5.74, 6) is -0.987. The number of carbonyl (C=O) groups is 1. The van der Waals surface area contributed by atoms with Gasteiger partial charge in [-0.2, -0.15) is 5.26 Å². The minimum atomic E-state index is -0.841. The van der Waals surface area contributed by atoms with Gasteiger partial charge in [-0.1, -0.05) is 12.1 Å². The van der Waals surface area contributed by atoms with Crippen LogP contribution in [0, 0.1) is 17.1 Å². The van der Waals surface area contributed by atoms with Crippen LogP contribution in [0.3, 0.4) is 0 Å². The van der Waals surface area contributed by atoms with Crippen molar-refractivity contribution in [2.24, 2.45) is 0 Å². The molecule has 0 N–H and O–H groups in total. The maximum atomic E-state index is 13.7. The summed E-state index contributed by atoms with van der Waals surface area (Å²) in [6.07, 6.45) is 1.16. The summed E-state index contributed by atoms with van der Waals surface area (Å²) >= 11 is 0. The Labute approximate surface area is 118 Å². The number of amides is 1. The molecule has 0 spiro atoms. The molecule has 1 aliphatic rings. The molecule has 0 atom stereocenters. The third-order valence-electron chi connectivity index (χ3n) is 4.07. The first-order chi connectivity index (χ1) is 9.50. The third kappa shape index (κ3) is 2.52. The van der Waals surface area contributed by atoms with E-state index in [1.807, 2.05) is 7.05 Å². The van der Waals surface area contributed by atoms with Crippen LogP contribution in [0.5, 0.6) is 0 Å². The molecule has 20 heavy (non-hydrogen) atoms. The average Bonchev–Trinajstić information content (AvgIpc) is 2.47. The average molecular weight is 275 g/mol. The summed E-state index contributed by atoms with van der Waals surface area (Å²) in [6, 6.07) is 8.14. The van der Waals surface area contributed by atoms with E-state index in [0.717, 1.165) is 13.1 Å². The summed E-state index contributed by atoms with van der Waals surface area (Å²) in [4.78, 5) is 16.0. The van der Waals surface area contributed by atoms with Crippen LogP contribution in [0.25, 0.3) is 0 Å². The SMILES string of the molecule is CN1CCC(C#N)(N(C)C(=O)c2ccccc2F)CC1. The highest BCUT2D eigenvalue weighted by Gasteiger charge is 2.40. The summed E-state index contributed by atoms with van der Waals surface area (Å²) < 4.78 is 13.7. The number of nitriles is 1. The summed E-state index contributed by atoms with van der Waals surface area (Å²) in [7, 11) is 3.57. The minimum absolute atomic E-state index is 0.0172. The fourth-order valence-electron chi connectivity index (χ4n) is 2.52. The smallest absolute Gasteiger partial charge is 0.257 e. The molecule has 106 valence electrons. The molecule has 1 saturated heterocycles. The maximum Gasteiger partial charge on any atom is 0.257 e. The fraction of sp³-hybridized carbons (Fsp3) is 0.467. The van der Waals surface area contributed by atoms with Crippen LogP contribution in [0.4, 0.5) is 4.39 Å². The second kappa shape index (κ2) is 5.59. The molecule has 0 bridgehead atoms. The second-order valence-corrected chi connectivity index (χ2v) is 5.29. The van der Waals surface area contributed by atoms with E-state index in [1.165, 1.54) is 17.0 Å². The highest BCUT2D eigenvalue weighted by atomic mass is 19.1. The van der Waals surface area contributed by atoms with Crippen LogP contribution in [-0.4, -0.2) is 48.4 Å². The molecule has 0 aromatic heterocycles. The highest BCUT2D eigenvalue weighted by Crippen LogP contribution is 2.28. The number of hydrogen-bond acceptors (Lipinski definition) is 3. The van der Waals surface area contributed by atoms with Crippen LogP contribution in [0.1, 0.15) is 23.2 Å². The molecule has 1 heterocycles. The number of nitrogens with zero attached hydrogens (tertiary/aromatic N) is 3. The molecule has 0 unspecified atom stereocenters. The number of hydrogen-bond donors (Lipinski definition) is 0. The molecule has 1 aromatic carbocycles. The lowest BCUT2D eigenvalue weighted by molar-refractivity contribution is 0.0516. The van der Waals surface area contributed by atoms with Gasteiger partial charge in [0.2, 0.25) is 0 Å². The van der Waals surface area contributed by atoms with Crippen molar-refractivity contribution in [3.05, 3.63) is 35.6 Å². The molecule has 2 rings (SSSR count). The lowest BCUT2D eigenvalue weighted by Gasteiger charge is -2.41. The van der Waals surface area contributed by atoms with E-state index in [1.54, 1.807) is 19.2 Å². The lowest BCUT2D eigenvalue weighted by Crippen LogP contribution is -2.54. The van der Waals surface area contributed by atoms with Gasteiger partial charge in [0.1, 0.15) is 11.4 Å². The van der Waals surface area contributed by atoms with Crippen molar-refractivity contribution in [2.75, 3.05) is 27.2 Å². The maximum absolute atomic E-state index is 13.7. The van der Waals surface area contributed by atoms with Gasteiger partial charge >= 0.3 is 0 Å². The van der Waals surface area contributed by atoms with E-state index in [4.69, 9.17) is 0 Å². The zero-order valence-corrected chi connectivity index (χ0v) is 11.8. The van der Waals surface area contributed by atoms with Gasteiger partial charge in [-0.3, -0.25) is 4.79 Å². The number of benzene rings is 1. The number of carbonyl (C=O) groups excluding carboxylic acids is 1. The first-order valence-corrected chi connectivity index (χ1v) is 6.63. The van der Waals surface area contributed by atoms with E-state index in [0.29, 0.717) is 12.8 Å². The minimum Gasteiger partial charge on any atom is -0.323 e. The van der Waals surface area contributed by atoms with Gasteiger partial charge in [0, 0.05) is 20.1 Å². The van der Waals surface area contributed by atoms with E-state index >= 15 is 0 Å². The van der Waals surface area contributed by atoms with Gasteiger partial charge in [-0.25, -0.2) is 4.39 Å². The Balaban J connectivity index is 2.26. The Hall–Kier alpha value is -1.93. The first kappa shape index (κ1) is 14.5. The lowest BCUT2D eigenvalue weighted by atomic mass is 9.87. The molecule has 0 aliphatic carbocycles. The zero-order valence-electron chi connectivity index (χ0n) is 11.8. The van der Waals surface area contributed by atoms with Gasteiger partial charge < -0.3 is 9.80 Å². The van der Waals surface area contributed by atoms with Crippen LogP contribution in [0.2, 0.25) is 0 Å². The number of rotatable bonds is 2.